The molecule has 0 radical (unpaired) electrons. The molecule has 4 nitrogen and oxygen atoms in total. The first-order chi connectivity index (χ1) is 8.58. The van der Waals surface area contributed by atoms with E-state index in [0.717, 1.165) is 37.6 Å². The first kappa shape index (κ1) is 12.6. The van der Waals surface area contributed by atoms with Crippen molar-refractivity contribution in [3.05, 3.63) is 31.2 Å². The van der Waals surface area contributed by atoms with Crippen molar-refractivity contribution in [3.8, 4) is 5.69 Å². The van der Waals surface area contributed by atoms with Crippen LogP contribution in [0.2, 0.25) is 0 Å². The third kappa shape index (κ3) is 2.12. The van der Waals surface area contributed by atoms with Crippen LogP contribution in [0, 0.1) is 0 Å². The van der Waals surface area contributed by atoms with Crippen LogP contribution in [0.25, 0.3) is 5.69 Å². The summed E-state index contributed by atoms with van der Waals surface area (Å²) in [5.74, 6) is 1.02. The summed E-state index contributed by atoms with van der Waals surface area (Å²) in [6.07, 6.45) is 2.31. The van der Waals surface area contributed by atoms with Gasteiger partial charge in [0.2, 0.25) is 0 Å². The Morgan fingerprint density at radius 3 is 2.33 bits per heavy atom. The van der Waals surface area contributed by atoms with Crippen LogP contribution in [-0.2, 0) is 0 Å². The van der Waals surface area contributed by atoms with Crippen LogP contribution in [0.3, 0.4) is 0 Å². The Labute approximate surface area is 129 Å². The fourth-order valence-electron chi connectivity index (χ4n) is 1.94. The topological polar surface area (TPSA) is 56.7 Å². The number of hydrogen-bond acceptors (Lipinski definition) is 3. The molecule has 0 amide bonds. The van der Waals surface area contributed by atoms with Crippen molar-refractivity contribution in [2.45, 2.75) is 18.8 Å². The Bertz CT molecular complexity index is 596. The number of rotatable bonds is 2. The lowest BCUT2D eigenvalue weighted by atomic mass is 10.2. The highest BCUT2D eigenvalue weighted by molar-refractivity contribution is 9.11. The van der Waals surface area contributed by atoms with Crippen LogP contribution in [0.15, 0.2) is 25.6 Å². The molecule has 1 aliphatic carbocycles. The zero-order valence-corrected chi connectivity index (χ0v) is 14.0. The minimum atomic E-state index is 0.488. The molecule has 1 aliphatic rings. The maximum atomic E-state index is 5.92. The van der Waals surface area contributed by atoms with E-state index in [1.807, 2.05) is 16.8 Å². The number of anilines is 1. The van der Waals surface area contributed by atoms with Crippen LogP contribution < -0.4 is 5.73 Å². The average molecular weight is 437 g/mol. The van der Waals surface area contributed by atoms with E-state index in [0.29, 0.717) is 11.7 Å². The van der Waals surface area contributed by atoms with Crippen molar-refractivity contribution >= 4 is 53.6 Å². The largest absolute Gasteiger partial charge is 0.381 e. The van der Waals surface area contributed by atoms with Gasteiger partial charge in [0.15, 0.2) is 5.82 Å². The molecule has 0 saturated heterocycles. The highest BCUT2D eigenvalue weighted by Gasteiger charge is 2.32. The van der Waals surface area contributed by atoms with Crippen LogP contribution in [-0.4, -0.2) is 15.0 Å². The molecule has 2 aromatic rings. The molecule has 0 spiro atoms. The lowest BCUT2D eigenvalue weighted by Crippen LogP contribution is -2.04. The van der Waals surface area contributed by atoms with Gasteiger partial charge in [0, 0.05) is 19.3 Å². The minimum Gasteiger partial charge on any atom is -0.381 e. The first-order valence-electron chi connectivity index (χ1n) is 5.44. The lowest BCUT2D eigenvalue weighted by molar-refractivity contribution is 0.758. The quantitative estimate of drug-likeness (QED) is 0.773. The summed E-state index contributed by atoms with van der Waals surface area (Å²) >= 11 is 10.6. The average Bonchev–Trinajstić information content (AvgIpc) is 3.03. The normalized spacial score (nSPS) is 15.1. The molecule has 1 aromatic carbocycles. The summed E-state index contributed by atoms with van der Waals surface area (Å²) in [5, 5.41) is 8.16. The summed E-state index contributed by atoms with van der Waals surface area (Å²) in [6, 6.07) is 3.96. The molecule has 0 atom stereocenters. The van der Waals surface area contributed by atoms with Crippen LogP contribution in [0.5, 0.6) is 0 Å². The van der Waals surface area contributed by atoms with Crippen LogP contribution in [0.4, 0.5) is 5.82 Å². The number of aromatic nitrogens is 3. The van der Waals surface area contributed by atoms with Gasteiger partial charge in [-0.3, -0.25) is 0 Å². The second-order valence-electron chi connectivity index (χ2n) is 4.26. The summed E-state index contributed by atoms with van der Waals surface area (Å²) < 4.78 is 4.70. The van der Waals surface area contributed by atoms with Gasteiger partial charge >= 0.3 is 0 Å². The van der Waals surface area contributed by atoms with Gasteiger partial charge in [0.25, 0.3) is 0 Å². The van der Waals surface area contributed by atoms with Crippen molar-refractivity contribution in [1.29, 1.82) is 0 Å². The van der Waals surface area contributed by atoms with Crippen molar-refractivity contribution < 1.29 is 0 Å². The van der Waals surface area contributed by atoms with Gasteiger partial charge in [-0.25, -0.2) is 4.68 Å². The Morgan fingerprint density at radius 2 is 1.78 bits per heavy atom. The summed E-state index contributed by atoms with van der Waals surface area (Å²) in [7, 11) is 0. The smallest absolute Gasteiger partial charge is 0.169 e. The number of hydrogen-bond donors (Lipinski definition) is 1. The van der Waals surface area contributed by atoms with Gasteiger partial charge in [-0.1, -0.05) is 21.1 Å². The van der Waals surface area contributed by atoms with E-state index in [2.05, 4.69) is 58.1 Å². The SMILES string of the molecule is Nc1nnn(-c2c(Br)cc(Br)cc2Br)c1C1CC1. The molecule has 1 heterocycles. The third-order valence-corrected chi connectivity index (χ3v) is 4.56. The Morgan fingerprint density at radius 1 is 1.17 bits per heavy atom. The number of benzene rings is 1. The van der Waals surface area contributed by atoms with Crippen molar-refractivity contribution in [1.82, 2.24) is 15.0 Å². The summed E-state index contributed by atoms with van der Waals surface area (Å²) in [6.45, 7) is 0. The van der Waals surface area contributed by atoms with E-state index < -0.39 is 0 Å². The fourth-order valence-corrected chi connectivity index (χ4v) is 4.54. The molecule has 1 saturated carbocycles. The molecule has 2 N–H and O–H groups in total. The van der Waals surface area contributed by atoms with Crippen molar-refractivity contribution in [3.63, 3.8) is 0 Å². The maximum Gasteiger partial charge on any atom is 0.169 e. The van der Waals surface area contributed by atoms with Gasteiger partial charge in [-0.2, -0.15) is 0 Å². The highest BCUT2D eigenvalue weighted by Crippen LogP contribution is 2.44. The Balaban J connectivity index is 2.21. The van der Waals surface area contributed by atoms with Gasteiger partial charge in [-0.05, 0) is 56.8 Å². The molecular formula is C11H9Br3N4. The van der Waals surface area contributed by atoms with Gasteiger partial charge in [0.05, 0.1) is 11.4 Å². The molecule has 0 bridgehead atoms. The first-order valence-corrected chi connectivity index (χ1v) is 7.82. The Hall–Kier alpha value is -0.400. The molecule has 94 valence electrons. The number of nitrogens with zero attached hydrogens (tertiary/aromatic N) is 3. The zero-order valence-electron chi connectivity index (χ0n) is 9.20. The van der Waals surface area contributed by atoms with Crippen LogP contribution >= 0.6 is 47.8 Å². The number of halogens is 3. The molecule has 0 aliphatic heterocycles. The predicted molar refractivity (Wildman–Crippen MR) is 80.8 cm³/mol. The number of nitrogens with two attached hydrogens (primary N) is 1. The second kappa shape index (κ2) is 4.61. The van der Waals surface area contributed by atoms with Crippen molar-refractivity contribution in [2.75, 3.05) is 5.73 Å². The summed E-state index contributed by atoms with van der Waals surface area (Å²) in [5.41, 5.74) is 7.86. The van der Waals surface area contributed by atoms with E-state index in [1.165, 1.54) is 0 Å². The predicted octanol–water partition coefficient (Wildman–Crippen LogP) is 4.01. The van der Waals surface area contributed by atoms with E-state index in [-0.39, 0.29) is 0 Å². The van der Waals surface area contributed by atoms with E-state index in [9.17, 15) is 0 Å². The van der Waals surface area contributed by atoms with E-state index >= 15 is 0 Å². The minimum absolute atomic E-state index is 0.488. The van der Waals surface area contributed by atoms with Gasteiger partial charge < -0.3 is 5.73 Å². The highest BCUT2D eigenvalue weighted by atomic mass is 79.9. The summed E-state index contributed by atoms with van der Waals surface area (Å²) in [4.78, 5) is 0. The molecule has 1 fully saturated rings. The monoisotopic (exact) mass is 434 g/mol. The van der Waals surface area contributed by atoms with Crippen LogP contribution in [0.1, 0.15) is 24.5 Å². The second-order valence-corrected chi connectivity index (χ2v) is 6.89. The zero-order chi connectivity index (χ0) is 12.9. The molecular weight excluding hydrogens is 428 g/mol. The third-order valence-electron chi connectivity index (χ3n) is 2.89. The molecule has 18 heavy (non-hydrogen) atoms. The lowest BCUT2D eigenvalue weighted by Gasteiger charge is -2.10. The molecule has 3 rings (SSSR count). The van der Waals surface area contributed by atoms with Crippen molar-refractivity contribution in [2.24, 2.45) is 0 Å². The van der Waals surface area contributed by atoms with E-state index in [4.69, 9.17) is 5.73 Å². The standard InChI is InChI=1S/C11H9Br3N4/c12-6-3-7(13)10(8(14)4-6)18-9(5-1-2-5)11(15)16-17-18/h3-5H,1-2,15H2. The van der Waals surface area contributed by atoms with Gasteiger partial charge in [0.1, 0.15) is 0 Å². The van der Waals surface area contributed by atoms with E-state index in [1.54, 1.807) is 0 Å². The number of nitrogen functional groups attached to an aromatic ring is 1. The fraction of sp³-hybridized carbons (Fsp3) is 0.273. The Kier molecular flexibility index (Phi) is 3.23. The molecule has 7 heteroatoms. The molecule has 1 aromatic heterocycles. The maximum absolute atomic E-state index is 5.92. The molecule has 0 unspecified atom stereocenters. The van der Waals surface area contributed by atoms with Gasteiger partial charge in [-0.15, -0.1) is 5.10 Å².